The van der Waals surface area contributed by atoms with E-state index in [1.54, 1.807) is 0 Å². The van der Waals surface area contributed by atoms with Crippen LogP contribution in [0.2, 0.25) is 5.02 Å². The SMILES string of the molecule is CN1CC2=C(N[C@@H](C3CC3)C(F)(F)CO2)c2cc(Nc3nc(N4C5CCC4CS(=O)(=O)C5)ncc3Cl)ccc21. The number of sulfone groups is 1. The Labute approximate surface area is 230 Å². The van der Waals surface area contributed by atoms with E-state index in [2.05, 4.69) is 20.6 Å². The van der Waals surface area contributed by atoms with Gasteiger partial charge in [0, 0.05) is 36.1 Å². The summed E-state index contributed by atoms with van der Waals surface area (Å²) < 4.78 is 60.0. The second-order valence-corrected chi connectivity index (χ2v) is 13.8. The highest BCUT2D eigenvalue weighted by molar-refractivity contribution is 7.91. The van der Waals surface area contributed by atoms with Gasteiger partial charge < -0.3 is 25.2 Å². The number of benzene rings is 1. The molecule has 3 atom stereocenters. The van der Waals surface area contributed by atoms with E-state index in [1.807, 2.05) is 35.0 Å². The Kier molecular flexibility index (Phi) is 5.68. The van der Waals surface area contributed by atoms with Crippen molar-refractivity contribution >= 4 is 50.3 Å². The van der Waals surface area contributed by atoms with E-state index in [9.17, 15) is 17.2 Å². The fraction of sp³-hybridized carbons (Fsp3) is 0.538. The number of hydrogen-bond donors (Lipinski definition) is 2. The minimum atomic E-state index is -3.08. The topological polar surface area (TPSA) is 99.7 Å². The van der Waals surface area contributed by atoms with Crippen LogP contribution in [-0.4, -0.2) is 74.1 Å². The summed E-state index contributed by atoms with van der Waals surface area (Å²) in [6, 6.07) is 4.45. The third-order valence-electron chi connectivity index (χ3n) is 8.36. The highest BCUT2D eigenvalue weighted by atomic mass is 35.5. The average Bonchev–Trinajstić information content (AvgIpc) is 3.68. The zero-order valence-corrected chi connectivity index (χ0v) is 22.9. The fourth-order valence-electron chi connectivity index (χ4n) is 6.36. The molecule has 208 valence electrons. The lowest BCUT2D eigenvalue weighted by Crippen LogP contribution is -2.49. The van der Waals surface area contributed by atoms with Gasteiger partial charge in [-0.05, 0) is 49.8 Å². The van der Waals surface area contributed by atoms with Crippen molar-refractivity contribution in [2.24, 2.45) is 5.92 Å². The Bertz CT molecular complexity index is 1460. The lowest BCUT2D eigenvalue weighted by molar-refractivity contribution is -0.0833. The van der Waals surface area contributed by atoms with E-state index in [0.717, 1.165) is 36.9 Å². The Hall–Kier alpha value is -2.86. The Morgan fingerprint density at radius 1 is 1.18 bits per heavy atom. The maximum Gasteiger partial charge on any atom is 0.301 e. The normalized spacial score (nSPS) is 28.7. The number of nitrogens with zero attached hydrogens (tertiary/aromatic N) is 4. The molecule has 3 fully saturated rings. The molecule has 0 radical (unpaired) electrons. The third-order valence-corrected chi connectivity index (χ3v) is 10.4. The molecule has 2 saturated heterocycles. The van der Waals surface area contributed by atoms with Crippen molar-refractivity contribution in [3.05, 3.63) is 40.7 Å². The van der Waals surface area contributed by atoms with Crippen molar-refractivity contribution in [1.29, 1.82) is 0 Å². The van der Waals surface area contributed by atoms with E-state index in [-0.39, 0.29) is 29.5 Å². The molecule has 4 aliphatic heterocycles. The van der Waals surface area contributed by atoms with Crippen LogP contribution < -0.4 is 20.4 Å². The number of halogens is 3. The van der Waals surface area contributed by atoms with Gasteiger partial charge in [-0.25, -0.2) is 22.2 Å². The van der Waals surface area contributed by atoms with Crippen LogP contribution in [0.25, 0.3) is 5.70 Å². The molecule has 1 aliphatic carbocycles. The second-order valence-electron chi connectivity index (χ2n) is 11.3. The molecule has 1 aromatic heterocycles. The first kappa shape index (κ1) is 25.1. The number of aromatic nitrogens is 2. The number of anilines is 4. The standard InChI is InChI=1S/C26H29ClF2N6O3S/c1-34-10-21-22(32-23(14-2-3-14)26(28,29)13-38-21)18-8-15(4-7-20(18)34)31-24-19(27)9-30-25(33-24)35-16-5-6-17(35)12-39(36,37)11-16/h4,7-9,14,16-17,23,32H,2-3,5-6,10-13H2,1H3,(H,30,31,33)/t16?,17?,23-/m0/s1. The molecule has 2 aromatic rings. The summed E-state index contributed by atoms with van der Waals surface area (Å²) in [5, 5.41) is 6.75. The fourth-order valence-corrected chi connectivity index (χ4v) is 8.46. The molecule has 5 heterocycles. The van der Waals surface area contributed by atoms with Crippen LogP contribution in [0.4, 0.5) is 31.9 Å². The summed E-state index contributed by atoms with van der Waals surface area (Å²) in [5.41, 5.74) is 2.93. The first-order valence-corrected chi connectivity index (χ1v) is 15.4. The monoisotopic (exact) mass is 578 g/mol. The van der Waals surface area contributed by atoms with Gasteiger partial charge in [0.15, 0.2) is 22.3 Å². The van der Waals surface area contributed by atoms with Gasteiger partial charge in [-0.15, -0.1) is 0 Å². The van der Waals surface area contributed by atoms with Gasteiger partial charge in [0.2, 0.25) is 5.95 Å². The molecule has 39 heavy (non-hydrogen) atoms. The number of alkyl halides is 2. The summed E-state index contributed by atoms with van der Waals surface area (Å²) in [4.78, 5) is 13.1. The van der Waals surface area contributed by atoms with Gasteiger partial charge in [-0.1, -0.05) is 11.6 Å². The average molecular weight is 579 g/mol. The molecule has 1 aromatic carbocycles. The summed E-state index contributed by atoms with van der Waals surface area (Å²) in [6.07, 6.45) is 4.65. The number of fused-ring (bicyclic) bond motifs is 4. The van der Waals surface area contributed by atoms with E-state index in [4.69, 9.17) is 16.3 Å². The first-order valence-electron chi connectivity index (χ1n) is 13.2. The van der Waals surface area contributed by atoms with Gasteiger partial charge in [0.1, 0.15) is 10.8 Å². The molecule has 2 bridgehead atoms. The van der Waals surface area contributed by atoms with E-state index < -0.39 is 28.4 Å². The van der Waals surface area contributed by atoms with Gasteiger partial charge in [0.25, 0.3) is 0 Å². The maximum atomic E-state index is 14.9. The quantitative estimate of drug-likeness (QED) is 0.561. The van der Waals surface area contributed by atoms with Gasteiger partial charge in [-0.2, -0.15) is 4.98 Å². The van der Waals surface area contributed by atoms with E-state index in [1.165, 1.54) is 6.20 Å². The third kappa shape index (κ3) is 4.45. The first-order chi connectivity index (χ1) is 18.6. The number of ether oxygens (including phenoxy) is 1. The van der Waals surface area contributed by atoms with Crippen molar-refractivity contribution in [3.63, 3.8) is 0 Å². The molecule has 5 aliphatic rings. The second kappa shape index (κ2) is 8.82. The highest BCUT2D eigenvalue weighted by Crippen LogP contribution is 2.45. The van der Waals surface area contributed by atoms with Crippen LogP contribution in [-0.2, 0) is 14.6 Å². The van der Waals surface area contributed by atoms with E-state index in [0.29, 0.717) is 40.5 Å². The summed E-state index contributed by atoms with van der Waals surface area (Å²) in [5.74, 6) is -1.50. The van der Waals surface area contributed by atoms with E-state index >= 15 is 0 Å². The van der Waals surface area contributed by atoms with Crippen LogP contribution in [0, 0.1) is 5.92 Å². The van der Waals surface area contributed by atoms with Crippen molar-refractivity contribution < 1.29 is 21.9 Å². The molecule has 0 spiro atoms. The van der Waals surface area contributed by atoms with Crippen molar-refractivity contribution in [3.8, 4) is 0 Å². The molecule has 9 nitrogen and oxygen atoms in total. The van der Waals surface area contributed by atoms with Crippen molar-refractivity contribution in [2.75, 3.05) is 46.8 Å². The number of likely N-dealkylation sites (N-methyl/N-ethyl adjacent to an activating group) is 1. The minimum absolute atomic E-state index is 0.0711. The predicted molar refractivity (Wildman–Crippen MR) is 145 cm³/mol. The predicted octanol–water partition coefficient (Wildman–Crippen LogP) is 3.79. The summed E-state index contributed by atoms with van der Waals surface area (Å²) >= 11 is 6.47. The van der Waals surface area contributed by atoms with Crippen molar-refractivity contribution in [1.82, 2.24) is 15.3 Å². The van der Waals surface area contributed by atoms with Gasteiger partial charge >= 0.3 is 5.92 Å². The van der Waals surface area contributed by atoms with Crippen LogP contribution in [0.1, 0.15) is 31.2 Å². The van der Waals surface area contributed by atoms with Crippen LogP contribution in [0.15, 0.2) is 30.2 Å². The highest BCUT2D eigenvalue weighted by Gasteiger charge is 2.51. The van der Waals surface area contributed by atoms with Gasteiger partial charge in [-0.3, -0.25) is 0 Å². The summed E-state index contributed by atoms with van der Waals surface area (Å²) in [7, 11) is -1.17. The molecule has 2 unspecified atom stereocenters. The minimum Gasteiger partial charge on any atom is -0.487 e. The molecule has 1 saturated carbocycles. The van der Waals surface area contributed by atoms with Crippen LogP contribution >= 0.6 is 11.6 Å². The number of rotatable bonds is 4. The molecule has 0 amide bonds. The van der Waals surface area contributed by atoms with Crippen LogP contribution in [0.3, 0.4) is 0 Å². The molecule has 13 heteroatoms. The largest absolute Gasteiger partial charge is 0.487 e. The molecule has 2 N–H and O–H groups in total. The van der Waals surface area contributed by atoms with Gasteiger partial charge in [0.05, 0.1) is 36.0 Å². The Morgan fingerprint density at radius 3 is 2.64 bits per heavy atom. The summed E-state index contributed by atoms with van der Waals surface area (Å²) in [6.45, 7) is -0.245. The maximum absolute atomic E-state index is 14.9. The molecular weight excluding hydrogens is 550 g/mol. The van der Waals surface area contributed by atoms with Crippen molar-refractivity contribution in [2.45, 2.75) is 49.7 Å². The Morgan fingerprint density at radius 2 is 1.92 bits per heavy atom. The molecule has 7 rings (SSSR count). The number of nitrogens with one attached hydrogen (secondary N) is 2. The lowest BCUT2D eigenvalue weighted by atomic mass is 10.00. The molecular formula is C26H29ClF2N6O3S. The number of hydrogen-bond acceptors (Lipinski definition) is 9. The lowest BCUT2D eigenvalue weighted by Gasteiger charge is -2.34. The Balaban J connectivity index is 1.20. The van der Waals surface area contributed by atoms with Crippen LogP contribution in [0.5, 0.6) is 0 Å². The zero-order chi connectivity index (χ0) is 27.1. The smallest absolute Gasteiger partial charge is 0.301 e. The zero-order valence-electron chi connectivity index (χ0n) is 21.3.